The Morgan fingerprint density at radius 2 is 1.76 bits per heavy atom. The zero-order chi connectivity index (χ0) is 27.8. The predicted molar refractivity (Wildman–Crippen MR) is 129 cm³/mol. The molecule has 2 aromatic heterocycles. The van der Waals surface area contributed by atoms with Gasteiger partial charge in [0.2, 0.25) is 0 Å². The van der Waals surface area contributed by atoms with Crippen LogP contribution in [0.4, 0.5) is 24.5 Å². The van der Waals surface area contributed by atoms with Crippen molar-refractivity contribution in [2.24, 2.45) is 0 Å². The quantitative estimate of drug-likeness (QED) is 0.243. The fraction of sp³-hybridized carbons (Fsp3) is 0.174. The third-order valence-corrected chi connectivity index (χ3v) is 5.66. The van der Waals surface area contributed by atoms with Gasteiger partial charge in [-0.15, -0.1) is 0 Å². The summed E-state index contributed by atoms with van der Waals surface area (Å²) in [6.45, 7) is 0. The standard InChI is InChI=1S/C23H17ClF3N5O6/c1-36-14-8-12(7-13(9-14)32(34)35)28-22(33)20-19(24)21-29-15(10-18(23(25,26)27)31(21)30-20)11-4-5-16(37-2)17(6-11)38-3/h4-10H,1-3H3,(H,28,33). The maximum Gasteiger partial charge on any atom is 0.433 e. The number of non-ortho nitro benzene ring substituents is 1. The number of benzene rings is 2. The molecule has 2 aromatic carbocycles. The number of halogens is 4. The molecule has 15 heteroatoms. The molecule has 38 heavy (non-hydrogen) atoms. The number of amides is 1. The minimum absolute atomic E-state index is 0.0656. The first-order valence-corrected chi connectivity index (χ1v) is 10.9. The molecule has 0 aliphatic heterocycles. The first-order chi connectivity index (χ1) is 18.0. The van der Waals surface area contributed by atoms with Gasteiger partial charge in [0.1, 0.15) is 10.8 Å². The van der Waals surface area contributed by atoms with Gasteiger partial charge in [-0.1, -0.05) is 11.6 Å². The minimum atomic E-state index is -4.90. The zero-order valence-corrected chi connectivity index (χ0v) is 20.5. The van der Waals surface area contributed by atoms with Crippen molar-refractivity contribution in [3.05, 3.63) is 69.0 Å². The van der Waals surface area contributed by atoms with Crippen LogP contribution in [0.25, 0.3) is 16.9 Å². The molecule has 1 amide bonds. The van der Waals surface area contributed by atoms with E-state index in [9.17, 15) is 28.1 Å². The van der Waals surface area contributed by atoms with Crippen LogP contribution in [0.3, 0.4) is 0 Å². The van der Waals surface area contributed by atoms with Crippen LogP contribution in [-0.2, 0) is 6.18 Å². The van der Waals surface area contributed by atoms with Crippen molar-refractivity contribution in [3.8, 4) is 28.5 Å². The van der Waals surface area contributed by atoms with E-state index in [4.69, 9.17) is 25.8 Å². The van der Waals surface area contributed by atoms with E-state index in [1.54, 1.807) is 0 Å². The lowest BCUT2D eigenvalue weighted by Gasteiger charge is -2.12. The Balaban J connectivity index is 1.83. The number of hydrogen-bond donors (Lipinski definition) is 1. The molecule has 11 nitrogen and oxygen atoms in total. The van der Waals surface area contributed by atoms with E-state index in [0.717, 1.165) is 18.2 Å². The summed E-state index contributed by atoms with van der Waals surface area (Å²) in [5.41, 5.74) is -2.59. The average Bonchev–Trinajstić information content (AvgIpc) is 3.23. The third kappa shape index (κ3) is 4.98. The Morgan fingerprint density at radius 3 is 2.37 bits per heavy atom. The number of aromatic nitrogens is 3. The van der Waals surface area contributed by atoms with Crippen molar-refractivity contribution in [2.75, 3.05) is 26.6 Å². The van der Waals surface area contributed by atoms with Crippen LogP contribution in [-0.4, -0.2) is 46.8 Å². The molecule has 4 rings (SSSR count). The van der Waals surface area contributed by atoms with E-state index in [0.29, 0.717) is 10.3 Å². The third-order valence-electron chi connectivity index (χ3n) is 5.31. The monoisotopic (exact) mass is 551 g/mol. The summed E-state index contributed by atoms with van der Waals surface area (Å²) in [6.07, 6.45) is -4.90. The van der Waals surface area contributed by atoms with Gasteiger partial charge in [-0.3, -0.25) is 14.9 Å². The molecule has 0 saturated heterocycles. The number of methoxy groups -OCH3 is 3. The second-order valence-corrected chi connectivity index (χ2v) is 8.00. The number of hydrogen-bond acceptors (Lipinski definition) is 8. The molecule has 0 aliphatic rings. The van der Waals surface area contributed by atoms with Crippen molar-refractivity contribution in [1.82, 2.24) is 14.6 Å². The summed E-state index contributed by atoms with van der Waals surface area (Å²) >= 11 is 6.29. The molecule has 0 bridgehead atoms. The van der Waals surface area contributed by atoms with Gasteiger partial charge in [0.25, 0.3) is 11.6 Å². The van der Waals surface area contributed by atoms with Crippen molar-refractivity contribution < 1.29 is 37.1 Å². The number of carbonyl (C=O) groups excluding carboxylic acids is 1. The van der Waals surface area contributed by atoms with Crippen LogP contribution in [0.1, 0.15) is 16.2 Å². The van der Waals surface area contributed by atoms with Crippen LogP contribution in [0.2, 0.25) is 5.02 Å². The SMILES string of the molecule is COc1cc(NC(=O)c2nn3c(C(F)(F)F)cc(-c4ccc(OC)c(OC)c4)nc3c2Cl)cc([N+](=O)[O-])c1. The van der Waals surface area contributed by atoms with Gasteiger partial charge in [-0.25, -0.2) is 9.50 Å². The Kier molecular flexibility index (Phi) is 7.00. The van der Waals surface area contributed by atoms with E-state index < -0.39 is 39.1 Å². The summed E-state index contributed by atoms with van der Waals surface area (Å²) < 4.78 is 57.8. The van der Waals surface area contributed by atoms with Gasteiger partial charge >= 0.3 is 6.18 Å². The molecule has 198 valence electrons. The van der Waals surface area contributed by atoms with Crippen LogP contribution in [0.15, 0.2) is 42.5 Å². The molecular formula is C23H17ClF3N5O6. The topological polar surface area (TPSA) is 130 Å². The zero-order valence-electron chi connectivity index (χ0n) is 19.8. The van der Waals surface area contributed by atoms with Crippen LogP contribution in [0.5, 0.6) is 17.2 Å². The lowest BCUT2D eigenvalue weighted by atomic mass is 10.1. The Morgan fingerprint density at radius 1 is 1.05 bits per heavy atom. The Hall–Kier alpha value is -4.59. The second kappa shape index (κ2) is 10.0. The summed E-state index contributed by atoms with van der Waals surface area (Å²) in [5.74, 6) is -0.347. The maximum absolute atomic E-state index is 14.0. The molecule has 4 aromatic rings. The van der Waals surface area contributed by atoms with Gasteiger partial charge in [-0.05, 0) is 24.3 Å². The summed E-state index contributed by atoms with van der Waals surface area (Å²) in [6, 6.07) is 8.62. The number of rotatable bonds is 7. The molecular weight excluding hydrogens is 535 g/mol. The van der Waals surface area contributed by atoms with E-state index in [1.165, 1.54) is 45.6 Å². The summed E-state index contributed by atoms with van der Waals surface area (Å²) in [5, 5.41) is 16.8. The Labute approximate surface area is 216 Å². The molecule has 0 spiro atoms. The first-order valence-electron chi connectivity index (χ1n) is 10.5. The molecule has 0 fully saturated rings. The molecule has 0 saturated carbocycles. The van der Waals surface area contributed by atoms with Gasteiger partial charge < -0.3 is 19.5 Å². The molecule has 2 heterocycles. The molecule has 0 radical (unpaired) electrons. The van der Waals surface area contributed by atoms with Gasteiger partial charge in [-0.2, -0.15) is 18.3 Å². The van der Waals surface area contributed by atoms with Gasteiger partial charge in [0.05, 0.1) is 43.7 Å². The Bertz CT molecular complexity index is 1570. The largest absolute Gasteiger partial charge is 0.496 e. The second-order valence-electron chi connectivity index (χ2n) is 7.62. The van der Waals surface area contributed by atoms with Crippen molar-refractivity contribution >= 4 is 34.5 Å². The number of ether oxygens (including phenoxy) is 3. The number of nitro groups is 1. The lowest BCUT2D eigenvalue weighted by molar-refractivity contribution is -0.384. The highest BCUT2D eigenvalue weighted by Gasteiger charge is 2.37. The van der Waals surface area contributed by atoms with Crippen LogP contribution >= 0.6 is 11.6 Å². The van der Waals surface area contributed by atoms with E-state index in [2.05, 4.69) is 15.4 Å². The van der Waals surface area contributed by atoms with Crippen LogP contribution in [0, 0.1) is 10.1 Å². The fourth-order valence-electron chi connectivity index (χ4n) is 3.55. The molecule has 1 N–H and O–H groups in total. The average molecular weight is 552 g/mol. The lowest BCUT2D eigenvalue weighted by Crippen LogP contribution is -2.16. The highest BCUT2D eigenvalue weighted by atomic mass is 35.5. The van der Waals surface area contributed by atoms with E-state index in [-0.39, 0.29) is 34.1 Å². The predicted octanol–water partition coefficient (Wildman–Crippen LogP) is 5.25. The maximum atomic E-state index is 14.0. The van der Waals surface area contributed by atoms with Crippen molar-refractivity contribution in [1.29, 1.82) is 0 Å². The fourth-order valence-corrected chi connectivity index (χ4v) is 3.80. The van der Waals surface area contributed by atoms with E-state index in [1.807, 2.05) is 0 Å². The smallest absolute Gasteiger partial charge is 0.433 e. The van der Waals surface area contributed by atoms with Gasteiger partial charge in [0, 0.05) is 17.7 Å². The number of carbonyl (C=O) groups is 1. The van der Waals surface area contributed by atoms with Crippen molar-refractivity contribution in [2.45, 2.75) is 6.18 Å². The number of anilines is 1. The van der Waals surface area contributed by atoms with Crippen molar-refractivity contribution in [3.63, 3.8) is 0 Å². The molecule has 0 aliphatic carbocycles. The number of nitro benzene ring substituents is 1. The number of fused-ring (bicyclic) bond motifs is 1. The number of alkyl halides is 3. The molecule has 0 atom stereocenters. The summed E-state index contributed by atoms with van der Waals surface area (Å²) in [4.78, 5) is 27.6. The molecule has 0 unspecified atom stereocenters. The highest BCUT2D eigenvalue weighted by molar-refractivity contribution is 6.37. The van der Waals surface area contributed by atoms with Gasteiger partial charge in [0.15, 0.2) is 28.5 Å². The highest BCUT2D eigenvalue weighted by Crippen LogP contribution is 2.37. The van der Waals surface area contributed by atoms with Crippen LogP contribution < -0.4 is 19.5 Å². The normalized spacial score (nSPS) is 11.3. The van der Waals surface area contributed by atoms with E-state index >= 15 is 0 Å². The number of nitrogens with zero attached hydrogens (tertiary/aromatic N) is 4. The number of nitrogens with one attached hydrogen (secondary N) is 1. The minimum Gasteiger partial charge on any atom is -0.496 e. The summed E-state index contributed by atoms with van der Waals surface area (Å²) in [7, 11) is 4.05. The first kappa shape index (κ1) is 26.5.